The molecule has 11 aromatic rings. The molecule has 5 heterocycles. The minimum atomic E-state index is -0.135. The van der Waals surface area contributed by atoms with Crippen molar-refractivity contribution in [3.8, 4) is 27.9 Å². The number of para-hydroxylation sites is 1. The van der Waals surface area contributed by atoms with Crippen LogP contribution in [0.4, 0.5) is 11.4 Å². The van der Waals surface area contributed by atoms with Crippen LogP contribution in [0, 0.1) is 6.92 Å². The number of furan rings is 1. The van der Waals surface area contributed by atoms with Crippen LogP contribution in [0.2, 0.25) is 0 Å². The zero-order chi connectivity index (χ0) is 40.8. The molecular formula is C56H41BN2OS. The van der Waals surface area contributed by atoms with Gasteiger partial charge in [0.25, 0.3) is 0 Å². The summed E-state index contributed by atoms with van der Waals surface area (Å²) in [5.74, 6) is 0. The average molecular weight is 801 g/mol. The second kappa shape index (κ2) is 11.2. The number of hydrogen-bond acceptors (Lipinski definition) is 3. The number of hydrogen-bond donors (Lipinski definition) is 0. The van der Waals surface area contributed by atoms with Crippen LogP contribution in [0.15, 0.2) is 144 Å². The van der Waals surface area contributed by atoms with Gasteiger partial charge in [0, 0.05) is 75.8 Å². The number of benzene rings is 8. The lowest BCUT2D eigenvalue weighted by molar-refractivity contribution is 0.590. The summed E-state index contributed by atoms with van der Waals surface area (Å²) in [4.78, 5) is 2.71. The Labute approximate surface area is 358 Å². The third kappa shape index (κ3) is 4.25. The number of rotatable bonds is 1. The summed E-state index contributed by atoms with van der Waals surface area (Å²) >= 11 is 1.91. The highest BCUT2D eigenvalue weighted by Gasteiger charge is 2.46. The van der Waals surface area contributed by atoms with E-state index in [2.05, 4.69) is 190 Å². The zero-order valence-electron chi connectivity index (χ0n) is 35.1. The molecule has 2 aliphatic heterocycles. The number of fused-ring (bicyclic) bond motifs is 17. The predicted octanol–water partition coefficient (Wildman–Crippen LogP) is 14.2. The van der Waals surface area contributed by atoms with Gasteiger partial charge in [-0.3, -0.25) is 0 Å². The van der Waals surface area contributed by atoms with Crippen molar-refractivity contribution in [2.75, 3.05) is 4.81 Å². The highest BCUT2D eigenvalue weighted by molar-refractivity contribution is 7.26. The Balaban J connectivity index is 1.17. The molecule has 3 aliphatic rings. The van der Waals surface area contributed by atoms with Crippen molar-refractivity contribution in [3.05, 3.63) is 162 Å². The second-order valence-electron chi connectivity index (χ2n) is 19.3. The van der Waals surface area contributed by atoms with Crippen LogP contribution in [-0.2, 0) is 10.8 Å². The molecule has 290 valence electrons. The normalized spacial score (nSPS) is 14.8. The Morgan fingerprint density at radius 2 is 1.36 bits per heavy atom. The molecular weight excluding hydrogens is 760 g/mol. The summed E-state index contributed by atoms with van der Waals surface area (Å²) in [6.07, 6.45) is 0. The van der Waals surface area contributed by atoms with Gasteiger partial charge in [0.2, 0.25) is 0 Å². The van der Waals surface area contributed by atoms with Crippen LogP contribution in [0.1, 0.15) is 56.9 Å². The molecule has 0 bridgehead atoms. The van der Waals surface area contributed by atoms with Crippen LogP contribution in [-0.4, -0.2) is 11.4 Å². The highest BCUT2D eigenvalue weighted by Crippen LogP contribution is 2.55. The van der Waals surface area contributed by atoms with Gasteiger partial charge in [-0.1, -0.05) is 113 Å². The number of nitrogens with zero attached hydrogens (tertiary/aromatic N) is 2. The van der Waals surface area contributed by atoms with E-state index in [0.717, 1.165) is 21.9 Å². The second-order valence-corrected chi connectivity index (χ2v) is 20.4. The summed E-state index contributed by atoms with van der Waals surface area (Å²) in [6.45, 7) is 14.0. The van der Waals surface area contributed by atoms with Gasteiger partial charge in [0.15, 0.2) is 0 Å². The van der Waals surface area contributed by atoms with Crippen molar-refractivity contribution in [2.24, 2.45) is 0 Å². The molecule has 0 radical (unpaired) electrons. The summed E-state index contributed by atoms with van der Waals surface area (Å²) in [5.41, 5.74) is 21.4. The molecule has 61 heavy (non-hydrogen) atoms. The third-order valence-electron chi connectivity index (χ3n) is 14.6. The monoisotopic (exact) mass is 800 g/mol. The molecule has 0 saturated heterocycles. The first kappa shape index (κ1) is 34.2. The standard InChI is InChI=1S/C56H41BN2OS/c1-30-23-40-37-24-36-33-13-7-10-16-42(33)56(5,6)43(36)27-46(37)59(32-21-19-31(20-22-32)55(2,3)4)57-44-28-51-39(35-15-9-12-18-50(35)61-51)26-47(44)58-45-29-49-38(34-14-8-11-17-48(34)60-49)25-41(45)52(30)54(58)53(40)57/h7-29H,1-6H3. The maximum atomic E-state index is 6.64. The van der Waals surface area contributed by atoms with Crippen molar-refractivity contribution in [1.29, 1.82) is 0 Å². The fourth-order valence-corrected chi connectivity index (χ4v) is 12.9. The van der Waals surface area contributed by atoms with E-state index >= 15 is 0 Å². The number of thiophene rings is 1. The summed E-state index contributed by atoms with van der Waals surface area (Å²) < 4.78 is 11.9. The average Bonchev–Trinajstić information content (AvgIpc) is 3.98. The Hall–Kier alpha value is -6.56. The van der Waals surface area contributed by atoms with Crippen LogP contribution < -0.4 is 15.7 Å². The molecule has 0 amide bonds. The van der Waals surface area contributed by atoms with Gasteiger partial charge in [-0.15, -0.1) is 11.3 Å². The zero-order valence-corrected chi connectivity index (χ0v) is 35.9. The van der Waals surface area contributed by atoms with E-state index in [4.69, 9.17) is 4.42 Å². The fourth-order valence-electron chi connectivity index (χ4n) is 11.7. The maximum Gasteiger partial charge on any atom is 0.333 e. The minimum absolute atomic E-state index is 0.0426. The Kier molecular flexibility index (Phi) is 6.29. The molecule has 0 unspecified atom stereocenters. The first-order valence-corrected chi connectivity index (χ1v) is 22.4. The van der Waals surface area contributed by atoms with Crippen molar-refractivity contribution < 1.29 is 4.42 Å². The molecule has 14 rings (SSSR count). The van der Waals surface area contributed by atoms with Crippen molar-refractivity contribution in [1.82, 2.24) is 4.57 Å². The van der Waals surface area contributed by atoms with E-state index in [1.807, 2.05) is 11.3 Å². The van der Waals surface area contributed by atoms with Gasteiger partial charge in [-0.2, -0.15) is 0 Å². The third-order valence-corrected chi connectivity index (χ3v) is 15.8. The summed E-state index contributed by atoms with van der Waals surface area (Å²) in [6, 6.07) is 53.3. The highest BCUT2D eigenvalue weighted by atomic mass is 32.1. The summed E-state index contributed by atoms with van der Waals surface area (Å²) in [7, 11) is 0. The van der Waals surface area contributed by atoms with E-state index < -0.39 is 0 Å². The fraction of sp³-hybridized carbons (Fsp3) is 0.143. The Bertz CT molecular complexity index is 3800. The van der Waals surface area contributed by atoms with Crippen LogP contribution in [0.5, 0.6) is 0 Å². The molecule has 3 aromatic heterocycles. The topological polar surface area (TPSA) is 21.3 Å². The summed E-state index contributed by atoms with van der Waals surface area (Å²) in [5, 5.41) is 7.54. The number of anilines is 2. The van der Waals surface area contributed by atoms with E-state index in [-0.39, 0.29) is 17.7 Å². The van der Waals surface area contributed by atoms with E-state index in [1.165, 1.54) is 114 Å². The van der Waals surface area contributed by atoms with Gasteiger partial charge in [-0.05, 0) is 117 Å². The van der Waals surface area contributed by atoms with Crippen LogP contribution in [0.3, 0.4) is 0 Å². The van der Waals surface area contributed by atoms with Crippen LogP contribution >= 0.6 is 11.3 Å². The quantitative estimate of drug-likeness (QED) is 0.154. The molecule has 0 spiro atoms. The lowest BCUT2D eigenvalue weighted by atomic mass is 9.43. The van der Waals surface area contributed by atoms with Gasteiger partial charge in [-0.25, -0.2) is 0 Å². The maximum absolute atomic E-state index is 6.64. The van der Waals surface area contributed by atoms with Gasteiger partial charge < -0.3 is 13.8 Å². The first-order chi connectivity index (χ1) is 29.5. The molecule has 0 N–H and O–H groups in total. The molecule has 0 saturated carbocycles. The van der Waals surface area contributed by atoms with E-state index in [0.29, 0.717) is 0 Å². The Morgan fingerprint density at radius 1 is 0.590 bits per heavy atom. The van der Waals surface area contributed by atoms with Crippen molar-refractivity contribution >= 4 is 104 Å². The van der Waals surface area contributed by atoms with Crippen LogP contribution in [0.25, 0.3) is 91.9 Å². The van der Waals surface area contributed by atoms with Gasteiger partial charge >= 0.3 is 6.85 Å². The Morgan fingerprint density at radius 3 is 2.20 bits per heavy atom. The van der Waals surface area contributed by atoms with Gasteiger partial charge in [0.05, 0.1) is 11.0 Å². The molecule has 3 nitrogen and oxygen atoms in total. The number of aryl methyl sites for hydroxylation is 1. The molecule has 5 heteroatoms. The lowest BCUT2D eigenvalue weighted by Crippen LogP contribution is -2.60. The van der Waals surface area contributed by atoms with Crippen molar-refractivity contribution in [3.63, 3.8) is 0 Å². The molecule has 8 aromatic carbocycles. The smallest absolute Gasteiger partial charge is 0.333 e. The molecule has 1 aliphatic carbocycles. The first-order valence-electron chi connectivity index (χ1n) is 21.6. The lowest BCUT2D eigenvalue weighted by Gasteiger charge is -2.43. The minimum Gasteiger partial charge on any atom is -0.456 e. The SMILES string of the molecule is Cc1cc2c3c4c1c1cc5c(cc1n4-c1cc4c(cc1B3N(c1ccc(C(C)(C)C)cc1)c1cc3c(cc1-2)-c1ccccc1C3(C)C)sc1ccccc14)oc1ccccc15. The van der Waals surface area contributed by atoms with E-state index in [1.54, 1.807) is 0 Å². The predicted molar refractivity (Wildman–Crippen MR) is 261 cm³/mol. The van der Waals surface area contributed by atoms with E-state index in [9.17, 15) is 0 Å². The van der Waals surface area contributed by atoms with Crippen molar-refractivity contribution in [2.45, 2.75) is 52.4 Å². The molecule has 0 atom stereocenters. The number of aromatic nitrogens is 1. The largest absolute Gasteiger partial charge is 0.456 e. The van der Waals surface area contributed by atoms with Gasteiger partial charge in [0.1, 0.15) is 11.2 Å². The molecule has 0 fully saturated rings.